The zero-order valence-corrected chi connectivity index (χ0v) is 17.7. The van der Waals surface area contributed by atoms with E-state index in [1.807, 2.05) is 49.6 Å². The van der Waals surface area contributed by atoms with Gasteiger partial charge in [0.05, 0.1) is 0 Å². The van der Waals surface area contributed by atoms with Gasteiger partial charge >= 0.3 is 0 Å². The maximum Gasteiger partial charge on any atom is 0.150 e. The lowest BCUT2D eigenvalue weighted by molar-refractivity contribution is 0.250. The number of hydrogen-bond acceptors (Lipinski definition) is 5. The van der Waals surface area contributed by atoms with Gasteiger partial charge in [0.2, 0.25) is 0 Å². The Morgan fingerprint density at radius 3 is 2.77 bits per heavy atom. The zero-order chi connectivity index (χ0) is 21.2. The summed E-state index contributed by atoms with van der Waals surface area (Å²) < 4.78 is 8.16. The van der Waals surface area contributed by atoms with Crippen molar-refractivity contribution < 1.29 is 4.74 Å². The topological polar surface area (TPSA) is 77.5 Å². The maximum atomic E-state index is 6.30. The molecule has 2 aromatic heterocycles. The summed E-state index contributed by atoms with van der Waals surface area (Å²) >= 11 is 0. The summed E-state index contributed by atoms with van der Waals surface area (Å²) in [4.78, 5) is 9.39. The number of anilines is 1. The van der Waals surface area contributed by atoms with E-state index in [0.717, 1.165) is 53.3 Å². The summed E-state index contributed by atoms with van der Waals surface area (Å²) in [6.45, 7) is 1.58. The van der Waals surface area contributed by atoms with Crippen LogP contribution in [0.1, 0.15) is 30.1 Å². The molecule has 6 heteroatoms. The molecule has 2 aromatic carbocycles. The second-order valence-corrected chi connectivity index (χ2v) is 8.24. The Bertz CT molecular complexity index is 1180. The average Bonchev–Trinajstić information content (AvgIpc) is 3.16. The first-order valence-electron chi connectivity index (χ1n) is 10.8. The van der Waals surface area contributed by atoms with E-state index in [1.165, 1.54) is 0 Å². The SMILES string of the molecule is CNCC1CC(c2nc(-c3cccc(OCc4ccccc4)c3)c3c(N)nccn23)C1. The molecule has 0 spiro atoms. The number of nitrogens with one attached hydrogen (secondary N) is 1. The van der Waals surface area contributed by atoms with Crippen LogP contribution in [0.2, 0.25) is 0 Å². The first-order valence-corrected chi connectivity index (χ1v) is 10.8. The third-order valence-corrected chi connectivity index (χ3v) is 6.06. The van der Waals surface area contributed by atoms with Gasteiger partial charge in [-0.3, -0.25) is 4.40 Å². The minimum Gasteiger partial charge on any atom is -0.489 e. The smallest absolute Gasteiger partial charge is 0.150 e. The molecule has 0 unspecified atom stereocenters. The van der Waals surface area contributed by atoms with Crippen molar-refractivity contribution in [3.8, 4) is 17.0 Å². The molecule has 2 heterocycles. The quantitative estimate of drug-likeness (QED) is 0.473. The number of nitrogens with two attached hydrogens (primary N) is 1. The van der Waals surface area contributed by atoms with E-state index in [1.54, 1.807) is 6.20 Å². The van der Waals surface area contributed by atoms with Crippen molar-refractivity contribution in [2.75, 3.05) is 19.3 Å². The van der Waals surface area contributed by atoms with Gasteiger partial charge in [-0.25, -0.2) is 9.97 Å². The van der Waals surface area contributed by atoms with Crippen LogP contribution in [0.3, 0.4) is 0 Å². The average molecular weight is 414 g/mol. The summed E-state index contributed by atoms with van der Waals surface area (Å²) in [5.74, 6) is 3.53. The predicted molar refractivity (Wildman–Crippen MR) is 123 cm³/mol. The van der Waals surface area contributed by atoms with Crippen LogP contribution in [0.5, 0.6) is 5.75 Å². The first-order chi connectivity index (χ1) is 15.2. The van der Waals surface area contributed by atoms with E-state index in [-0.39, 0.29) is 0 Å². The lowest BCUT2D eigenvalue weighted by Crippen LogP contribution is -2.31. The summed E-state index contributed by atoms with van der Waals surface area (Å²) in [5, 5.41) is 3.28. The fourth-order valence-corrected chi connectivity index (χ4v) is 4.45. The van der Waals surface area contributed by atoms with Crippen LogP contribution in [-0.2, 0) is 6.61 Å². The Morgan fingerprint density at radius 1 is 1.13 bits per heavy atom. The summed E-state index contributed by atoms with van der Waals surface area (Å²) in [7, 11) is 2.01. The molecule has 31 heavy (non-hydrogen) atoms. The van der Waals surface area contributed by atoms with Crippen LogP contribution >= 0.6 is 0 Å². The second-order valence-electron chi connectivity index (χ2n) is 8.24. The van der Waals surface area contributed by atoms with E-state index in [9.17, 15) is 0 Å². The van der Waals surface area contributed by atoms with Gasteiger partial charge in [-0.2, -0.15) is 0 Å². The fraction of sp³-hybridized carbons (Fsp3) is 0.280. The van der Waals surface area contributed by atoms with E-state index in [0.29, 0.717) is 24.3 Å². The van der Waals surface area contributed by atoms with Crippen molar-refractivity contribution in [3.05, 3.63) is 78.4 Å². The van der Waals surface area contributed by atoms with Gasteiger partial charge in [-0.05, 0) is 50.0 Å². The molecule has 0 amide bonds. The molecule has 1 aliphatic rings. The van der Waals surface area contributed by atoms with Gasteiger partial charge in [-0.1, -0.05) is 42.5 Å². The third kappa shape index (κ3) is 3.86. The molecule has 0 aliphatic heterocycles. The lowest BCUT2D eigenvalue weighted by Gasteiger charge is -2.34. The Hall–Kier alpha value is -3.38. The maximum absolute atomic E-state index is 6.30. The number of nitrogens with zero attached hydrogens (tertiary/aromatic N) is 3. The number of imidazole rings is 1. The monoisotopic (exact) mass is 413 g/mol. The van der Waals surface area contributed by atoms with Gasteiger partial charge in [0.15, 0.2) is 0 Å². The number of fused-ring (bicyclic) bond motifs is 1. The van der Waals surface area contributed by atoms with Crippen molar-refractivity contribution in [2.45, 2.75) is 25.4 Å². The van der Waals surface area contributed by atoms with Crippen LogP contribution in [-0.4, -0.2) is 28.0 Å². The van der Waals surface area contributed by atoms with Crippen molar-refractivity contribution in [1.29, 1.82) is 0 Å². The highest BCUT2D eigenvalue weighted by Gasteiger charge is 2.33. The van der Waals surface area contributed by atoms with Crippen LogP contribution in [0.25, 0.3) is 16.8 Å². The molecular weight excluding hydrogens is 386 g/mol. The summed E-state index contributed by atoms with van der Waals surface area (Å²) in [6.07, 6.45) is 6.00. The molecule has 4 aromatic rings. The molecule has 5 rings (SSSR count). The minimum atomic E-state index is 0.443. The highest BCUT2D eigenvalue weighted by atomic mass is 16.5. The highest BCUT2D eigenvalue weighted by Crippen LogP contribution is 2.43. The predicted octanol–water partition coefficient (Wildman–Crippen LogP) is 4.27. The van der Waals surface area contributed by atoms with Crippen molar-refractivity contribution >= 4 is 11.3 Å². The number of benzene rings is 2. The molecule has 6 nitrogen and oxygen atoms in total. The standard InChI is InChI=1S/C25H27N5O/c1-27-15-18-12-20(13-18)25-29-22(23-24(26)28-10-11-30(23)25)19-8-5-9-21(14-19)31-16-17-6-3-2-4-7-17/h2-11,14,18,20,27H,12-13,15-16H2,1H3,(H2,26,28). The van der Waals surface area contributed by atoms with Gasteiger partial charge in [-0.15, -0.1) is 0 Å². The molecule has 158 valence electrons. The molecule has 0 radical (unpaired) electrons. The van der Waals surface area contributed by atoms with E-state index in [4.69, 9.17) is 15.5 Å². The number of nitrogen functional groups attached to an aromatic ring is 1. The number of ether oxygens (including phenoxy) is 1. The van der Waals surface area contributed by atoms with Crippen LogP contribution in [0.15, 0.2) is 67.0 Å². The fourth-order valence-electron chi connectivity index (χ4n) is 4.45. The summed E-state index contributed by atoms with van der Waals surface area (Å²) in [5.41, 5.74) is 10.2. The largest absolute Gasteiger partial charge is 0.489 e. The Kier molecular flexibility index (Phi) is 5.30. The van der Waals surface area contributed by atoms with Gasteiger partial charge in [0, 0.05) is 23.9 Å². The lowest BCUT2D eigenvalue weighted by atomic mass is 9.74. The number of rotatable bonds is 7. The van der Waals surface area contributed by atoms with Crippen molar-refractivity contribution in [1.82, 2.24) is 19.7 Å². The van der Waals surface area contributed by atoms with E-state index in [2.05, 4.69) is 32.9 Å². The molecule has 3 N–H and O–H groups in total. The van der Waals surface area contributed by atoms with E-state index >= 15 is 0 Å². The minimum absolute atomic E-state index is 0.443. The molecule has 1 saturated carbocycles. The number of aromatic nitrogens is 3. The van der Waals surface area contributed by atoms with Gasteiger partial charge < -0.3 is 15.8 Å². The molecule has 1 aliphatic carbocycles. The van der Waals surface area contributed by atoms with Crippen LogP contribution in [0, 0.1) is 5.92 Å². The van der Waals surface area contributed by atoms with Crippen LogP contribution < -0.4 is 15.8 Å². The second kappa shape index (κ2) is 8.40. The van der Waals surface area contributed by atoms with Crippen molar-refractivity contribution in [2.24, 2.45) is 5.92 Å². The van der Waals surface area contributed by atoms with Crippen LogP contribution in [0.4, 0.5) is 5.82 Å². The molecule has 0 saturated heterocycles. The zero-order valence-electron chi connectivity index (χ0n) is 17.7. The van der Waals surface area contributed by atoms with E-state index < -0.39 is 0 Å². The molecule has 0 bridgehead atoms. The van der Waals surface area contributed by atoms with Crippen molar-refractivity contribution in [3.63, 3.8) is 0 Å². The van der Waals surface area contributed by atoms with Gasteiger partial charge in [0.25, 0.3) is 0 Å². The summed E-state index contributed by atoms with van der Waals surface area (Å²) in [6, 6.07) is 18.2. The third-order valence-electron chi connectivity index (χ3n) is 6.06. The highest BCUT2D eigenvalue weighted by molar-refractivity contribution is 5.85. The van der Waals surface area contributed by atoms with Gasteiger partial charge in [0.1, 0.15) is 35.2 Å². The molecule has 0 atom stereocenters. The molecule has 1 fully saturated rings. The Balaban J connectivity index is 1.46. The normalized spacial score (nSPS) is 18.1. The number of hydrogen-bond donors (Lipinski definition) is 2. The Labute approximate surface area is 182 Å². The first kappa shape index (κ1) is 19.6. The molecular formula is C25H27N5O. The Morgan fingerprint density at radius 2 is 1.97 bits per heavy atom.